The highest BCUT2D eigenvalue weighted by molar-refractivity contribution is 5.60. The van der Waals surface area contributed by atoms with Crippen LogP contribution in [0.5, 0.6) is 5.75 Å². The molecule has 0 radical (unpaired) electrons. The Kier molecular flexibility index (Phi) is 4.69. The lowest BCUT2D eigenvalue weighted by atomic mass is 10.0. The number of hydrogen-bond acceptors (Lipinski definition) is 4. The van der Waals surface area contributed by atoms with Gasteiger partial charge in [-0.05, 0) is 38.1 Å². The molecule has 108 valence electrons. The lowest BCUT2D eigenvalue weighted by Gasteiger charge is -2.27. The second kappa shape index (κ2) is 6.48. The maximum absolute atomic E-state index is 6.13. The molecule has 1 atom stereocenters. The van der Waals surface area contributed by atoms with Crippen LogP contribution in [0.4, 0.5) is 5.69 Å². The van der Waals surface area contributed by atoms with E-state index in [4.69, 9.17) is 14.9 Å². The largest absolute Gasteiger partial charge is 0.496 e. The summed E-state index contributed by atoms with van der Waals surface area (Å²) in [5, 5.41) is 0. The first-order valence-electron chi connectivity index (χ1n) is 6.87. The lowest BCUT2D eigenvalue weighted by Crippen LogP contribution is -2.24. The average Bonchev–Trinajstić information content (AvgIpc) is 2.96. The Bertz CT molecular complexity index is 535. The third-order valence-corrected chi connectivity index (χ3v) is 3.37. The predicted molar refractivity (Wildman–Crippen MR) is 81.0 cm³/mol. The van der Waals surface area contributed by atoms with Crippen molar-refractivity contribution >= 4 is 5.69 Å². The summed E-state index contributed by atoms with van der Waals surface area (Å²) in [6, 6.07) is 9.81. The van der Waals surface area contributed by atoms with E-state index in [0.717, 1.165) is 35.9 Å². The molecule has 0 saturated heterocycles. The molecule has 4 heteroatoms. The Balaban J connectivity index is 2.38. The summed E-state index contributed by atoms with van der Waals surface area (Å²) >= 11 is 0. The summed E-state index contributed by atoms with van der Waals surface area (Å²) in [5.41, 5.74) is 8.25. The zero-order valence-corrected chi connectivity index (χ0v) is 12.3. The van der Waals surface area contributed by atoms with E-state index in [2.05, 4.69) is 17.9 Å². The highest BCUT2D eigenvalue weighted by Gasteiger charge is 2.18. The van der Waals surface area contributed by atoms with Crippen molar-refractivity contribution in [1.29, 1.82) is 0 Å². The smallest absolute Gasteiger partial charge is 0.125 e. The third kappa shape index (κ3) is 2.96. The summed E-state index contributed by atoms with van der Waals surface area (Å²) in [4.78, 5) is 2.24. The molecule has 0 aliphatic carbocycles. The van der Waals surface area contributed by atoms with Crippen LogP contribution in [0.2, 0.25) is 0 Å². The molecule has 0 saturated carbocycles. The van der Waals surface area contributed by atoms with Gasteiger partial charge in [0, 0.05) is 23.8 Å². The molecule has 4 nitrogen and oxygen atoms in total. The van der Waals surface area contributed by atoms with E-state index in [1.54, 1.807) is 13.4 Å². The number of nitrogens with zero attached hydrogens (tertiary/aromatic N) is 1. The fourth-order valence-electron chi connectivity index (χ4n) is 2.40. The number of rotatable bonds is 6. The Morgan fingerprint density at radius 2 is 2.10 bits per heavy atom. The molecule has 0 aliphatic heterocycles. The Morgan fingerprint density at radius 3 is 2.65 bits per heavy atom. The third-order valence-electron chi connectivity index (χ3n) is 3.37. The number of nitrogens with two attached hydrogens (primary N) is 1. The zero-order chi connectivity index (χ0) is 14.5. The number of benzene rings is 1. The number of ether oxygens (including phenoxy) is 1. The molecule has 0 amide bonds. The maximum atomic E-state index is 6.13. The second-order valence-electron chi connectivity index (χ2n) is 4.78. The van der Waals surface area contributed by atoms with Gasteiger partial charge in [-0.1, -0.05) is 6.07 Å². The van der Waals surface area contributed by atoms with Gasteiger partial charge in [0.05, 0.1) is 19.9 Å². The quantitative estimate of drug-likeness (QED) is 0.877. The van der Waals surface area contributed by atoms with E-state index >= 15 is 0 Å². The minimum atomic E-state index is -0.0909. The van der Waals surface area contributed by atoms with Crippen LogP contribution in [0.25, 0.3) is 0 Å². The molecule has 0 spiro atoms. The Hall–Kier alpha value is -1.94. The molecule has 1 heterocycles. The molecular weight excluding hydrogens is 252 g/mol. The van der Waals surface area contributed by atoms with E-state index in [1.807, 2.05) is 31.2 Å². The van der Waals surface area contributed by atoms with Crippen molar-refractivity contribution in [1.82, 2.24) is 0 Å². The van der Waals surface area contributed by atoms with E-state index < -0.39 is 0 Å². The van der Waals surface area contributed by atoms with E-state index in [-0.39, 0.29) is 6.04 Å². The van der Waals surface area contributed by atoms with Crippen LogP contribution >= 0.6 is 0 Å². The molecule has 0 fully saturated rings. The van der Waals surface area contributed by atoms with Crippen molar-refractivity contribution in [3.63, 3.8) is 0 Å². The number of methoxy groups -OCH3 is 1. The molecule has 20 heavy (non-hydrogen) atoms. The first kappa shape index (κ1) is 14.5. The summed E-state index contributed by atoms with van der Waals surface area (Å²) < 4.78 is 10.9. The van der Waals surface area contributed by atoms with Crippen LogP contribution in [-0.4, -0.2) is 13.7 Å². The van der Waals surface area contributed by atoms with E-state index in [1.165, 1.54) is 0 Å². The molecule has 2 aromatic rings. The van der Waals surface area contributed by atoms with E-state index in [0.29, 0.717) is 0 Å². The van der Waals surface area contributed by atoms with Gasteiger partial charge in [-0.3, -0.25) is 0 Å². The van der Waals surface area contributed by atoms with Gasteiger partial charge < -0.3 is 19.8 Å². The molecular formula is C16H22N2O2. The molecule has 0 bridgehead atoms. The lowest BCUT2D eigenvalue weighted by molar-refractivity contribution is 0.406. The van der Waals surface area contributed by atoms with Gasteiger partial charge in [0.15, 0.2) is 0 Å². The Morgan fingerprint density at radius 1 is 1.30 bits per heavy atom. The van der Waals surface area contributed by atoms with Crippen LogP contribution in [0.3, 0.4) is 0 Å². The predicted octanol–water partition coefficient (Wildman–Crippen LogP) is 3.33. The molecule has 1 aromatic heterocycles. The van der Waals surface area contributed by atoms with Crippen molar-refractivity contribution < 1.29 is 9.15 Å². The van der Waals surface area contributed by atoms with Crippen molar-refractivity contribution in [2.75, 3.05) is 18.6 Å². The van der Waals surface area contributed by atoms with E-state index in [9.17, 15) is 0 Å². The van der Waals surface area contributed by atoms with Gasteiger partial charge in [0.25, 0.3) is 0 Å². The zero-order valence-electron chi connectivity index (χ0n) is 12.3. The highest BCUT2D eigenvalue weighted by atomic mass is 16.5. The van der Waals surface area contributed by atoms with Gasteiger partial charge in [0.2, 0.25) is 0 Å². The van der Waals surface area contributed by atoms with Crippen LogP contribution < -0.4 is 15.4 Å². The molecule has 2 N–H and O–H groups in total. The number of hydrogen-bond donors (Lipinski definition) is 1. The van der Waals surface area contributed by atoms with Gasteiger partial charge >= 0.3 is 0 Å². The SMILES string of the molecule is CCN(Cc1ccco1)c1cccc(OC)c1C(C)N. The van der Waals surface area contributed by atoms with Crippen LogP contribution in [0.15, 0.2) is 41.0 Å². The Labute approximate surface area is 120 Å². The fraction of sp³-hybridized carbons (Fsp3) is 0.375. The maximum Gasteiger partial charge on any atom is 0.125 e. The first-order chi connectivity index (χ1) is 9.67. The van der Waals surface area contributed by atoms with Crippen LogP contribution in [0, 0.1) is 0 Å². The summed E-state index contributed by atoms with van der Waals surface area (Å²) in [6.45, 7) is 5.68. The molecule has 1 unspecified atom stereocenters. The van der Waals surface area contributed by atoms with Gasteiger partial charge in [-0.15, -0.1) is 0 Å². The highest BCUT2D eigenvalue weighted by Crippen LogP contribution is 2.34. The monoisotopic (exact) mass is 274 g/mol. The van der Waals surface area contributed by atoms with Crippen molar-refractivity contribution in [2.24, 2.45) is 5.73 Å². The summed E-state index contributed by atoms with van der Waals surface area (Å²) in [6.07, 6.45) is 1.70. The van der Waals surface area contributed by atoms with Crippen molar-refractivity contribution in [3.8, 4) is 5.75 Å². The average molecular weight is 274 g/mol. The van der Waals surface area contributed by atoms with Crippen LogP contribution in [0.1, 0.15) is 31.2 Å². The van der Waals surface area contributed by atoms with Crippen molar-refractivity contribution in [3.05, 3.63) is 47.9 Å². The van der Waals surface area contributed by atoms with Gasteiger partial charge in [0.1, 0.15) is 11.5 Å². The minimum Gasteiger partial charge on any atom is -0.496 e. The van der Waals surface area contributed by atoms with Crippen LogP contribution in [-0.2, 0) is 6.54 Å². The minimum absolute atomic E-state index is 0.0909. The van der Waals surface area contributed by atoms with Gasteiger partial charge in [-0.25, -0.2) is 0 Å². The first-order valence-corrected chi connectivity index (χ1v) is 6.87. The normalized spacial score (nSPS) is 12.2. The van der Waals surface area contributed by atoms with Gasteiger partial charge in [-0.2, -0.15) is 0 Å². The standard InChI is InChI=1S/C16H22N2O2/c1-4-18(11-13-7-6-10-20-13)14-8-5-9-15(19-3)16(14)12(2)17/h5-10,12H,4,11,17H2,1-3H3. The summed E-state index contributed by atoms with van der Waals surface area (Å²) in [7, 11) is 1.67. The number of anilines is 1. The molecule has 1 aromatic carbocycles. The summed E-state index contributed by atoms with van der Waals surface area (Å²) in [5.74, 6) is 1.76. The van der Waals surface area contributed by atoms with Crippen molar-refractivity contribution in [2.45, 2.75) is 26.4 Å². The number of furan rings is 1. The second-order valence-corrected chi connectivity index (χ2v) is 4.78. The fourth-order valence-corrected chi connectivity index (χ4v) is 2.40. The topological polar surface area (TPSA) is 51.6 Å². The molecule has 0 aliphatic rings. The molecule has 2 rings (SSSR count).